The van der Waals surface area contributed by atoms with E-state index in [1.807, 2.05) is 18.2 Å². The Balaban J connectivity index is 1.85. The highest BCUT2D eigenvalue weighted by molar-refractivity contribution is 9.10. The van der Waals surface area contributed by atoms with Crippen LogP contribution in [0.25, 0.3) is 10.9 Å². The average molecular weight is 433 g/mol. The van der Waals surface area contributed by atoms with Crippen LogP contribution in [0.2, 0.25) is 0 Å². The minimum Gasteiger partial charge on any atom is -0.467 e. The van der Waals surface area contributed by atoms with E-state index in [1.54, 1.807) is 13.1 Å². The molecule has 140 valence electrons. The van der Waals surface area contributed by atoms with Crippen LogP contribution in [0.4, 0.5) is 4.39 Å². The molecule has 0 spiro atoms. The lowest BCUT2D eigenvalue weighted by Crippen LogP contribution is -2.43. The Morgan fingerprint density at radius 3 is 2.74 bits per heavy atom. The SMILES string of the molecule is COC(=O)[C@H](Cc1c[nH]c2ccc(Br)cc12)NC(=O)c1ccc(F)c(C)c1. The van der Waals surface area contributed by atoms with Crippen molar-refractivity contribution < 1.29 is 18.7 Å². The first-order valence-electron chi connectivity index (χ1n) is 8.29. The number of rotatable bonds is 5. The van der Waals surface area contributed by atoms with Crippen LogP contribution in [0.1, 0.15) is 21.5 Å². The second-order valence-electron chi connectivity index (χ2n) is 6.22. The molecule has 0 bridgehead atoms. The summed E-state index contributed by atoms with van der Waals surface area (Å²) in [5, 5.41) is 3.64. The summed E-state index contributed by atoms with van der Waals surface area (Å²) >= 11 is 3.44. The van der Waals surface area contributed by atoms with Gasteiger partial charge in [0.2, 0.25) is 0 Å². The third-order valence-electron chi connectivity index (χ3n) is 4.36. The molecule has 27 heavy (non-hydrogen) atoms. The zero-order valence-electron chi connectivity index (χ0n) is 14.8. The number of nitrogens with one attached hydrogen (secondary N) is 2. The fourth-order valence-electron chi connectivity index (χ4n) is 2.90. The number of methoxy groups -OCH3 is 1. The van der Waals surface area contributed by atoms with Gasteiger partial charge >= 0.3 is 5.97 Å². The minimum absolute atomic E-state index is 0.259. The van der Waals surface area contributed by atoms with E-state index in [9.17, 15) is 14.0 Å². The topological polar surface area (TPSA) is 71.2 Å². The summed E-state index contributed by atoms with van der Waals surface area (Å²) in [6, 6.07) is 8.98. The van der Waals surface area contributed by atoms with E-state index in [1.165, 1.54) is 25.3 Å². The van der Waals surface area contributed by atoms with Crippen molar-refractivity contribution in [1.82, 2.24) is 10.3 Å². The van der Waals surface area contributed by atoms with E-state index in [4.69, 9.17) is 4.74 Å². The summed E-state index contributed by atoms with van der Waals surface area (Å²) in [4.78, 5) is 27.9. The molecular formula is C20H18BrFN2O3. The first-order chi connectivity index (χ1) is 12.9. The lowest BCUT2D eigenvalue weighted by atomic mass is 10.0. The zero-order chi connectivity index (χ0) is 19.6. The quantitative estimate of drug-likeness (QED) is 0.600. The molecule has 0 radical (unpaired) electrons. The molecule has 2 N–H and O–H groups in total. The Kier molecular flexibility index (Phi) is 5.60. The molecule has 1 heterocycles. The summed E-state index contributed by atoms with van der Waals surface area (Å²) in [5.41, 5.74) is 2.44. The summed E-state index contributed by atoms with van der Waals surface area (Å²) in [7, 11) is 1.27. The Labute approximate surface area is 164 Å². The smallest absolute Gasteiger partial charge is 0.328 e. The fourth-order valence-corrected chi connectivity index (χ4v) is 3.26. The third-order valence-corrected chi connectivity index (χ3v) is 4.86. The first kappa shape index (κ1) is 19.1. The van der Waals surface area contributed by atoms with E-state index in [0.717, 1.165) is 20.9 Å². The summed E-state index contributed by atoms with van der Waals surface area (Å²) in [6.07, 6.45) is 2.07. The molecule has 0 aliphatic carbocycles. The molecule has 0 saturated heterocycles. The van der Waals surface area contributed by atoms with Crippen LogP contribution in [0.15, 0.2) is 47.1 Å². The van der Waals surface area contributed by atoms with E-state index >= 15 is 0 Å². The standard InChI is InChI=1S/C20H18BrFN2O3/c1-11-7-12(3-5-16(11)22)19(25)24-18(20(26)27-2)8-13-10-23-17-6-4-14(21)9-15(13)17/h3-7,9-10,18,23H,8H2,1-2H3,(H,24,25)/t18-/m0/s1. The number of aromatic nitrogens is 1. The van der Waals surface area contributed by atoms with Gasteiger partial charge in [-0.3, -0.25) is 4.79 Å². The van der Waals surface area contributed by atoms with Crippen LogP contribution in [0.5, 0.6) is 0 Å². The summed E-state index contributed by atoms with van der Waals surface area (Å²) in [5.74, 6) is -1.40. The molecule has 1 atom stereocenters. The number of amides is 1. The molecular weight excluding hydrogens is 415 g/mol. The van der Waals surface area contributed by atoms with Gasteiger partial charge < -0.3 is 15.0 Å². The van der Waals surface area contributed by atoms with Gasteiger partial charge in [0.25, 0.3) is 5.91 Å². The second-order valence-corrected chi connectivity index (χ2v) is 7.14. The van der Waals surface area contributed by atoms with Gasteiger partial charge in [0.1, 0.15) is 11.9 Å². The lowest BCUT2D eigenvalue weighted by Gasteiger charge is -2.16. The maximum Gasteiger partial charge on any atom is 0.328 e. The molecule has 0 saturated carbocycles. The number of carbonyl (C=O) groups is 2. The number of esters is 1. The number of H-pyrrole nitrogens is 1. The van der Waals surface area contributed by atoms with Gasteiger partial charge in [0, 0.05) is 33.6 Å². The fraction of sp³-hybridized carbons (Fsp3) is 0.200. The number of hydrogen-bond donors (Lipinski definition) is 2. The van der Waals surface area contributed by atoms with Gasteiger partial charge in [-0.1, -0.05) is 15.9 Å². The van der Waals surface area contributed by atoms with Crippen molar-refractivity contribution >= 4 is 38.7 Å². The van der Waals surface area contributed by atoms with Gasteiger partial charge in [0.05, 0.1) is 7.11 Å². The monoisotopic (exact) mass is 432 g/mol. The largest absolute Gasteiger partial charge is 0.467 e. The predicted molar refractivity (Wildman–Crippen MR) is 104 cm³/mol. The molecule has 1 aromatic heterocycles. The van der Waals surface area contributed by atoms with Crippen LogP contribution in [-0.4, -0.2) is 30.0 Å². The van der Waals surface area contributed by atoms with Crippen molar-refractivity contribution in [2.24, 2.45) is 0 Å². The molecule has 0 fully saturated rings. The normalized spacial score (nSPS) is 12.0. The number of benzene rings is 2. The molecule has 3 aromatic rings. The molecule has 3 rings (SSSR count). The van der Waals surface area contributed by atoms with Gasteiger partial charge in [-0.2, -0.15) is 0 Å². The highest BCUT2D eigenvalue weighted by Crippen LogP contribution is 2.24. The van der Waals surface area contributed by atoms with Gasteiger partial charge in [-0.15, -0.1) is 0 Å². The van der Waals surface area contributed by atoms with Gasteiger partial charge in [-0.25, -0.2) is 9.18 Å². The number of fused-ring (bicyclic) bond motifs is 1. The number of hydrogen-bond acceptors (Lipinski definition) is 3. The van der Waals surface area contributed by atoms with Gasteiger partial charge in [0.15, 0.2) is 0 Å². The molecule has 1 amide bonds. The Bertz CT molecular complexity index is 1020. The van der Waals surface area contributed by atoms with Crippen molar-refractivity contribution in [3.05, 3.63) is 69.6 Å². The Morgan fingerprint density at radius 1 is 1.26 bits per heavy atom. The van der Waals surface area contributed by atoms with Crippen LogP contribution in [0.3, 0.4) is 0 Å². The third kappa shape index (κ3) is 4.19. The van der Waals surface area contributed by atoms with Crippen LogP contribution in [-0.2, 0) is 16.0 Å². The number of aromatic amines is 1. The minimum atomic E-state index is -0.870. The van der Waals surface area contributed by atoms with Crippen molar-refractivity contribution in [1.29, 1.82) is 0 Å². The molecule has 0 unspecified atom stereocenters. The summed E-state index contributed by atoms with van der Waals surface area (Å²) < 4.78 is 19.2. The van der Waals surface area contributed by atoms with E-state index in [-0.39, 0.29) is 17.8 Å². The van der Waals surface area contributed by atoms with Crippen LogP contribution < -0.4 is 5.32 Å². The van der Waals surface area contributed by atoms with Crippen molar-refractivity contribution in [2.75, 3.05) is 7.11 Å². The van der Waals surface area contributed by atoms with Crippen molar-refractivity contribution in [3.8, 4) is 0 Å². The number of carbonyl (C=O) groups excluding carboxylic acids is 2. The average Bonchev–Trinajstić information content (AvgIpc) is 3.04. The highest BCUT2D eigenvalue weighted by Gasteiger charge is 2.24. The molecule has 0 aliphatic heterocycles. The Morgan fingerprint density at radius 2 is 2.04 bits per heavy atom. The van der Waals surface area contributed by atoms with E-state index in [2.05, 4.69) is 26.2 Å². The van der Waals surface area contributed by atoms with Crippen LogP contribution in [0, 0.1) is 12.7 Å². The zero-order valence-corrected chi connectivity index (χ0v) is 16.4. The maximum atomic E-state index is 13.4. The number of aryl methyl sites for hydroxylation is 1. The molecule has 0 aliphatic rings. The van der Waals surface area contributed by atoms with E-state index in [0.29, 0.717) is 5.56 Å². The number of ether oxygens (including phenoxy) is 1. The second kappa shape index (κ2) is 7.92. The molecule has 5 nitrogen and oxygen atoms in total. The van der Waals surface area contributed by atoms with Crippen molar-refractivity contribution in [3.63, 3.8) is 0 Å². The molecule has 2 aromatic carbocycles. The van der Waals surface area contributed by atoms with Crippen LogP contribution >= 0.6 is 15.9 Å². The predicted octanol–water partition coefficient (Wildman–Crippen LogP) is 3.89. The lowest BCUT2D eigenvalue weighted by molar-refractivity contribution is -0.142. The van der Waals surface area contributed by atoms with E-state index < -0.39 is 17.9 Å². The van der Waals surface area contributed by atoms with Crippen molar-refractivity contribution in [2.45, 2.75) is 19.4 Å². The van der Waals surface area contributed by atoms with Gasteiger partial charge in [-0.05, 0) is 54.4 Å². The Hall–Kier alpha value is -2.67. The maximum absolute atomic E-state index is 13.4. The molecule has 7 heteroatoms. The summed E-state index contributed by atoms with van der Waals surface area (Å²) in [6.45, 7) is 1.58. The first-order valence-corrected chi connectivity index (χ1v) is 9.08. The highest BCUT2D eigenvalue weighted by atomic mass is 79.9. The number of halogens is 2.